The summed E-state index contributed by atoms with van der Waals surface area (Å²) in [4.78, 5) is 5.24. The van der Waals surface area contributed by atoms with E-state index in [2.05, 4.69) is 136 Å². The summed E-state index contributed by atoms with van der Waals surface area (Å²) in [5, 5.41) is 5.42. The predicted molar refractivity (Wildman–Crippen MR) is 178 cm³/mol. The maximum absolute atomic E-state index is 2.68. The van der Waals surface area contributed by atoms with Crippen LogP contribution in [0.2, 0.25) is 0 Å². The zero-order valence-corrected chi connectivity index (χ0v) is 22.9. The van der Waals surface area contributed by atoms with E-state index in [1.54, 1.807) is 0 Å². The number of benzene rings is 6. The van der Waals surface area contributed by atoms with Crippen molar-refractivity contribution in [2.24, 2.45) is 0 Å². The zero-order chi connectivity index (χ0) is 27.1. The van der Waals surface area contributed by atoms with Crippen LogP contribution in [0.1, 0.15) is 5.56 Å². The van der Waals surface area contributed by atoms with Crippen molar-refractivity contribution in [3.63, 3.8) is 0 Å². The van der Waals surface area contributed by atoms with Gasteiger partial charge in [-0.15, -0.1) is 0 Å². The molecule has 6 aromatic carbocycles. The highest BCUT2D eigenvalue weighted by atomic mass is 15.2. The molecule has 0 saturated carbocycles. The van der Waals surface area contributed by atoms with Gasteiger partial charge in [-0.25, -0.2) is 0 Å². The highest BCUT2D eigenvalue weighted by Crippen LogP contribution is 2.53. The van der Waals surface area contributed by atoms with Gasteiger partial charge in [-0.3, -0.25) is 0 Å². The molecule has 42 heavy (non-hydrogen) atoms. The molecule has 0 saturated heterocycles. The molecule has 0 bridgehead atoms. The van der Waals surface area contributed by atoms with E-state index in [1.807, 2.05) is 0 Å². The highest BCUT2D eigenvalue weighted by molar-refractivity contribution is 7.01. The smallest absolute Gasteiger partial charge is 0.252 e. The summed E-state index contributed by atoms with van der Waals surface area (Å²) in [5.41, 5.74) is 16.3. The van der Waals surface area contributed by atoms with Gasteiger partial charge in [0, 0.05) is 50.8 Å². The van der Waals surface area contributed by atoms with E-state index in [4.69, 9.17) is 0 Å². The number of aromatic nitrogens is 1. The van der Waals surface area contributed by atoms with Crippen LogP contribution in [0.5, 0.6) is 0 Å². The van der Waals surface area contributed by atoms with Crippen LogP contribution in [0.4, 0.5) is 28.4 Å². The minimum Gasteiger partial charge on any atom is -0.341 e. The molecule has 194 valence electrons. The molecule has 8 aromatic rings. The van der Waals surface area contributed by atoms with Gasteiger partial charge in [-0.05, 0) is 58.7 Å². The monoisotopic (exact) mass is 533 g/mol. The molecular formula is C38H24BN3. The second-order valence-electron chi connectivity index (χ2n) is 12.0. The molecule has 0 N–H and O–H groups in total. The fraction of sp³-hybridized carbons (Fsp3) is 0.0526. The first-order chi connectivity index (χ1) is 20.9. The molecule has 3 aliphatic rings. The van der Waals surface area contributed by atoms with Crippen LogP contribution >= 0.6 is 0 Å². The van der Waals surface area contributed by atoms with Gasteiger partial charge in [0.25, 0.3) is 6.71 Å². The van der Waals surface area contributed by atoms with Crippen molar-refractivity contribution >= 4 is 89.6 Å². The number of anilines is 5. The molecule has 11 rings (SSSR count). The molecule has 5 heterocycles. The summed E-state index contributed by atoms with van der Waals surface area (Å²) in [7, 11) is 0. The third kappa shape index (κ3) is 2.32. The number of nitrogens with zero attached hydrogens (tertiary/aromatic N) is 3. The highest BCUT2D eigenvalue weighted by Gasteiger charge is 2.47. The molecule has 0 unspecified atom stereocenters. The molecule has 2 aromatic heterocycles. The van der Waals surface area contributed by atoms with Crippen LogP contribution in [-0.2, 0) is 6.42 Å². The lowest BCUT2D eigenvalue weighted by atomic mass is 9.33. The molecule has 3 aliphatic heterocycles. The molecule has 0 fully saturated rings. The lowest BCUT2D eigenvalue weighted by molar-refractivity contribution is 1.00. The minimum atomic E-state index is 0.172. The fourth-order valence-electron chi connectivity index (χ4n) is 8.70. The fourth-order valence-corrected chi connectivity index (χ4v) is 8.70. The normalized spacial score (nSPS) is 14.8. The third-order valence-electron chi connectivity index (χ3n) is 10.1. The van der Waals surface area contributed by atoms with Crippen LogP contribution in [0.25, 0.3) is 38.1 Å². The van der Waals surface area contributed by atoms with Crippen molar-refractivity contribution in [3.05, 3.63) is 127 Å². The van der Waals surface area contributed by atoms with E-state index in [0.717, 1.165) is 13.0 Å². The summed E-state index contributed by atoms with van der Waals surface area (Å²) >= 11 is 0. The first-order valence-electron chi connectivity index (χ1n) is 15.0. The van der Waals surface area contributed by atoms with E-state index in [9.17, 15) is 0 Å². The Labute approximate surface area is 243 Å². The summed E-state index contributed by atoms with van der Waals surface area (Å²) in [6, 6.07) is 45.2. The number of para-hydroxylation sites is 5. The van der Waals surface area contributed by atoms with Gasteiger partial charge < -0.3 is 14.2 Å². The average molecular weight is 533 g/mol. The molecule has 0 spiro atoms. The Hall–Kier alpha value is -5.22. The maximum atomic E-state index is 2.68. The minimum absolute atomic E-state index is 0.172. The maximum Gasteiger partial charge on any atom is 0.252 e. The van der Waals surface area contributed by atoms with Crippen molar-refractivity contribution < 1.29 is 0 Å². The van der Waals surface area contributed by atoms with Crippen LogP contribution in [0.3, 0.4) is 0 Å². The second-order valence-corrected chi connectivity index (χ2v) is 12.0. The predicted octanol–water partition coefficient (Wildman–Crippen LogP) is 7.14. The standard InChI is InChI=1S/C38H24BN3/c1-2-12-24(13-3-1)41-31-20-9-6-16-27(31)39-28-17-10-11-23-21-22-40(35(23)28)37-32-25-14-4-7-18-29(25)42-30-19-8-5-15-26(30)33(36(32)42)38(41)34(37)39/h1-20H,21-22H2. The van der Waals surface area contributed by atoms with Crippen LogP contribution < -0.4 is 26.2 Å². The molecule has 0 atom stereocenters. The molecule has 0 aliphatic carbocycles. The van der Waals surface area contributed by atoms with Crippen LogP contribution in [0, 0.1) is 0 Å². The van der Waals surface area contributed by atoms with E-state index in [-0.39, 0.29) is 6.71 Å². The largest absolute Gasteiger partial charge is 0.341 e. The summed E-state index contributed by atoms with van der Waals surface area (Å²) in [5.74, 6) is 0. The number of fused-ring (bicyclic) bond motifs is 12. The van der Waals surface area contributed by atoms with Crippen molar-refractivity contribution in [3.8, 4) is 0 Å². The number of rotatable bonds is 1. The van der Waals surface area contributed by atoms with Crippen molar-refractivity contribution in [2.75, 3.05) is 16.3 Å². The molecular weight excluding hydrogens is 509 g/mol. The van der Waals surface area contributed by atoms with Gasteiger partial charge in [0.15, 0.2) is 0 Å². The lowest BCUT2D eigenvalue weighted by Gasteiger charge is -2.43. The first kappa shape index (κ1) is 21.5. The Morgan fingerprint density at radius 1 is 0.548 bits per heavy atom. The Kier molecular flexibility index (Phi) is 3.76. The second kappa shape index (κ2) is 7.34. The lowest BCUT2D eigenvalue weighted by Crippen LogP contribution is -2.61. The van der Waals surface area contributed by atoms with Crippen molar-refractivity contribution in [1.29, 1.82) is 0 Å². The molecule has 3 nitrogen and oxygen atoms in total. The zero-order valence-electron chi connectivity index (χ0n) is 22.9. The van der Waals surface area contributed by atoms with Crippen molar-refractivity contribution in [2.45, 2.75) is 6.42 Å². The van der Waals surface area contributed by atoms with Gasteiger partial charge in [0.2, 0.25) is 0 Å². The Morgan fingerprint density at radius 3 is 2.02 bits per heavy atom. The van der Waals surface area contributed by atoms with E-state index >= 15 is 0 Å². The van der Waals surface area contributed by atoms with E-state index in [0.29, 0.717) is 0 Å². The molecule has 0 radical (unpaired) electrons. The average Bonchev–Trinajstić information content (AvgIpc) is 3.73. The van der Waals surface area contributed by atoms with Gasteiger partial charge in [-0.1, -0.05) is 91.0 Å². The summed E-state index contributed by atoms with van der Waals surface area (Å²) < 4.78 is 2.54. The number of hydrogen-bond donors (Lipinski definition) is 0. The quantitative estimate of drug-likeness (QED) is 0.208. The van der Waals surface area contributed by atoms with E-state index < -0.39 is 0 Å². The SMILES string of the molecule is c1ccc(N2c3ccccc3B3c4cccc5c4N(CC5)c4c3c2c2c3ccccc3n3c5ccccc5c4c23)cc1. The summed E-state index contributed by atoms with van der Waals surface area (Å²) in [6.07, 6.45) is 1.08. The first-order valence-corrected chi connectivity index (χ1v) is 15.0. The van der Waals surface area contributed by atoms with Crippen LogP contribution in [0.15, 0.2) is 121 Å². The van der Waals surface area contributed by atoms with Gasteiger partial charge >= 0.3 is 0 Å². The van der Waals surface area contributed by atoms with Crippen molar-refractivity contribution in [1.82, 2.24) is 4.40 Å². The number of hydrogen-bond acceptors (Lipinski definition) is 2. The van der Waals surface area contributed by atoms with Gasteiger partial charge in [0.05, 0.1) is 22.2 Å². The van der Waals surface area contributed by atoms with Gasteiger partial charge in [-0.2, -0.15) is 0 Å². The van der Waals surface area contributed by atoms with Gasteiger partial charge in [0.1, 0.15) is 0 Å². The Bertz CT molecular complexity index is 2440. The van der Waals surface area contributed by atoms with E-state index in [1.165, 1.54) is 88.5 Å². The Balaban J connectivity index is 1.47. The van der Waals surface area contributed by atoms with Crippen LogP contribution in [-0.4, -0.2) is 17.7 Å². The summed E-state index contributed by atoms with van der Waals surface area (Å²) in [6.45, 7) is 1.19. The molecule has 0 amide bonds. The Morgan fingerprint density at radius 2 is 1.21 bits per heavy atom. The molecule has 4 heteroatoms. The third-order valence-corrected chi connectivity index (χ3v) is 10.1. The topological polar surface area (TPSA) is 10.9 Å².